The van der Waals surface area contributed by atoms with Crippen molar-refractivity contribution in [3.8, 4) is 0 Å². The first kappa shape index (κ1) is 7.52. The highest BCUT2D eigenvalue weighted by atomic mass is 16.5. The first-order valence-electron chi connectivity index (χ1n) is 2.95. The van der Waals surface area contributed by atoms with Gasteiger partial charge in [0.2, 0.25) is 0 Å². The van der Waals surface area contributed by atoms with Gasteiger partial charge in [0, 0.05) is 7.05 Å². The third-order valence-electron chi connectivity index (χ3n) is 1.15. The number of primary amides is 1. The fourth-order valence-electron chi connectivity index (χ4n) is 0.586. The van der Waals surface area contributed by atoms with Crippen LogP contribution in [0.25, 0.3) is 0 Å². The zero-order chi connectivity index (χ0) is 8.27. The Bertz CT molecular complexity index is 257. The lowest BCUT2D eigenvalue weighted by Gasteiger charge is -1.98. The van der Waals surface area contributed by atoms with Crippen LogP contribution >= 0.6 is 0 Å². The SMILES string of the molecule is Cn1ncnc1COC(N)=O. The first-order chi connectivity index (χ1) is 5.20. The zero-order valence-corrected chi connectivity index (χ0v) is 6.02. The summed E-state index contributed by atoms with van der Waals surface area (Å²) in [5, 5.41) is 3.77. The molecule has 0 aliphatic heterocycles. The Hall–Kier alpha value is -1.59. The third kappa shape index (κ3) is 1.92. The molecule has 0 aliphatic rings. The highest BCUT2D eigenvalue weighted by Crippen LogP contribution is 1.92. The zero-order valence-electron chi connectivity index (χ0n) is 6.02. The normalized spacial score (nSPS) is 9.55. The maximum absolute atomic E-state index is 10.1. The number of aromatic nitrogens is 3. The molecule has 1 aromatic rings. The molecule has 0 saturated heterocycles. The molecule has 1 amide bonds. The molecule has 1 rings (SSSR count). The van der Waals surface area contributed by atoms with E-state index in [1.807, 2.05) is 0 Å². The molecule has 0 aromatic carbocycles. The van der Waals surface area contributed by atoms with E-state index in [9.17, 15) is 4.79 Å². The maximum atomic E-state index is 10.1. The van der Waals surface area contributed by atoms with Crippen molar-refractivity contribution in [1.29, 1.82) is 0 Å². The van der Waals surface area contributed by atoms with E-state index in [4.69, 9.17) is 5.73 Å². The molecule has 2 N–H and O–H groups in total. The Labute approximate surface area is 63.0 Å². The molecule has 11 heavy (non-hydrogen) atoms. The smallest absolute Gasteiger partial charge is 0.404 e. The summed E-state index contributed by atoms with van der Waals surface area (Å²) in [5.74, 6) is 0.559. The molecular weight excluding hydrogens is 148 g/mol. The van der Waals surface area contributed by atoms with Crippen molar-refractivity contribution < 1.29 is 9.53 Å². The summed E-state index contributed by atoms with van der Waals surface area (Å²) >= 11 is 0. The van der Waals surface area contributed by atoms with Gasteiger partial charge in [0.15, 0.2) is 12.4 Å². The number of hydrogen-bond acceptors (Lipinski definition) is 4. The van der Waals surface area contributed by atoms with Crippen LogP contribution in [0.5, 0.6) is 0 Å². The summed E-state index contributed by atoms with van der Waals surface area (Å²) in [5.41, 5.74) is 4.74. The fourth-order valence-corrected chi connectivity index (χ4v) is 0.586. The molecule has 0 fully saturated rings. The van der Waals surface area contributed by atoms with E-state index in [0.717, 1.165) is 0 Å². The first-order valence-corrected chi connectivity index (χ1v) is 2.95. The molecule has 60 valence electrons. The van der Waals surface area contributed by atoms with Crippen molar-refractivity contribution in [2.45, 2.75) is 6.61 Å². The second kappa shape index (κ2) is 3.00. The summed E-state index contributed by atoms with van der Waals surface area (Å²) in [6.07, 6.45) is 0.563. The molecule has 0 aliphatic carbocycles. The summed E-state index contributed by atoms with van der Waals surface area (Å²) in [7, 11) is 1.70. The number of carbonyl (C=O) groups excluding carboxylic acids is 1. The molecule has 6 nitrogen and oxygen atoms in total. The quantitative estimate of drug-likeness (QED) is 0.620. The molecule has 0 unspecified atom stereocenters. The van der Waals surface area contributed by atoms with Gasteiger partial charge in [-0.05, 0) is 0 Å². The summed E-state index contributed by atoms with van der Waals surface area (Å²) in [6, 6.07) is 0. The van der Waals surface area contributed by atoms with Crippen LogP contribution in [0.2, 0.25) is 0 Å². The topological polar surface area (TPSA) is 83.0 Å². The van der Waals surface area contributed by atoms with Crippen LogP contribution in [-0.4, -0.2) is 20.9 Å². The number of ether oxygens (including phenoxy) is 1. The van der Waals surface area contributed by atoms with Crippen LogP contribution in [0, 0.1) is 0 Å². The minimum Gasteiger partial charge on any atom is -0.441 e. The van der Waals surface area contributed by atoms with E-state index in [-0.39, 0.29) is 6.61 Å². The van der Waals surface area contributed by atoms with Crippen LogP contribution in [0.15, 0.2) is 6.33 Å². The van der Waals surface area contributed by atoms with E-state index in [2.05, 4.69) is 14.8 Å². The number of hydrogen-bond donors (Lipinski definition) is 1. The molecule has 1 heterocycles. The molecule has 0 spiro atoms. The van der Waals surface area contributed by atoms with E-state index < -0.39 is 6.09 Å². The average molecular weight is 156 g/mol. The highest BCUT2D eigenvalue weighted by molar-refractivity contribution is 5.64. The number of carbonyl (C=O) groups is 1. The van der Waals surface area contributed by atoms with Crippen molar-refractivity contribution in [2.24, 2.45) is 12.8 Å². The summed E-state index contributed by atoms with van der Waals surface area (Å²) < 4.78 is 5.99. The van der Waals surface area contributed by atoms with Crippen molar-refractivity contribution in [3.05, 3.63) is 12.2 Å². The predicted molar refractivity (Wildman–Crippen MR) is 35.4 cm³/mol. The molecule has 1 aromatic heterocycles. The minimum atomic E-state index is -0.812. The van der Waals surface area contributed by atoms with Gasteiger partial charge in [-0.25, -0.2) is 9.78 Å². The van der Waals surface area contributed by atoms with Crippen LogP contribution in [0.3, 0.4) is 0 Å². The van der Waals surface area contributed by atoms with Gasteiger partial charge in [-0.3, -0.25) is 4.68 Å². The van der Waals surface area contributed by atoms with Crippen LogP contribution in [0.1, 0.15) is 5.82 Å². The molecule has 6 heteroatoms. The monoisotopic (exact) mass is 156 g/mol. The minimum absolute atomic E-state index is 0.0613. The number of nitrogens with zero attached hydrogens (tertiary/aromatic N) is 3. The van der Waals surface area contributed by atoms with Gasteiger partial charge in [0.1, 0.15) is 6.33 Å². The van der Waals surface area contributed by atoms with Gasteiger partial charge >= 0.3 is 6.09 Å². The Kier molecular flexibility index (Phi) is 2.05. The number of aryl methyl sites for hydroxylation is 1. The van der Waals surface area contributed by atoms with Gasteiger partial charge < -0.3 is 10.5 Å². The van der Waals surface area contributed by atoms with Crippen molar-refractivity contribution in [2.75, 3.05) is 0 Å². The second-order valence-corrected chi connectivity index (χ2v) is 1.91. The largest absolute Gasteiger partial charge is 0.441 e. The molecule has 0 saturated carbocycles. The van der Waals surface area contributed by atoms with E-state index in [0.29, 0.717) is 5.82 Å². The Morgan fingerprint density at radius 1 is 1.91 bits per heavy atom. The molecular formula is C5H8N4O2. The number of nitrogens with two attached hydrogens (primary N) is 1. The van der Waals surface area contributed by atoms with Crippen LogP contribution in [-0.2, 0) is 18.4 Å². The molecule has 0 atom stereocenters. The standard InChI is InChI=1S/C5H8N4O2/c1-9-4(7-3-8-9)2-11-5(6)10/h3H,2H2,1H3,(H2,6,10). The number of amides is 1. The lowest BCUT2D eigenvalue weighted by molar-refractivity contribution is 0.146. The lowest BCUT2D eigenvalue weighted by Crippen LogP contribution is -2.14. The summed E-state index contributed by atoms with van der Waals surface area (Å²) in [4.78, 5) is 14.0. The Morgan fingerprint density at radius 2 is 2.64 bits per heavy atom. The average Bonchev–Trinajstić information content (AvgIpc) is 2.31. The second-order valence-electron chi connectivity index (χ2n) is 1.91. The Balaban J connectivity index is 2.51. The maximum Gasteiger partial charge on any atom is 0.404 e. The van der Waals surface area contributed by atoms with E-state index >= 15 is 0 Å². The lowest BCUT2D eigenvalue weighted by atomic mass is 10.6. The van der Waals surface area contributed by atoms with Gasteiger partial charge in [-0.2, -0.15) is 5.10 Å². The van der Waals surface area contributed by atoms with E-state index in [1.165, 1.54) is 11.0 Å². The van der Waals surface area contributed by atoms with Gasteiger partial charge in [-0.15, -0.1) is 0 Å². The van der Waals surface area contributed by atoms with Gasteiger partial charge in [0.05, 0.1) is 0 Å². The van der Waals surface area contributed by atoms with Crippen molar-refractivity contribution in [1.82, 2.24) is 14.8 Å². The van der Waals surface area contributed by atoms with Gasteiger partial charge in [0.25, 0.3) is 0 Å². The highest BCUT2D eigenvalue weighted by Gasteiger charge is 2.01. The Morgan fingerprint density at radius 3 is 3.09 bits per heavy atom. The van der Waals surface area contributed by atoms with Crippen LogP contribution in [0.4, 0.5) is 4.79 Å². The van der Waals surface area contributed by atoms with E-state index in [1.54, 1.807) is 7.05 Å². The molecule has 0 radical (unpaired) electrons. The third-order valence-corrected chi connectivity index (χ3v) is 1.15. The fraction of sp³-hybridized carbons (Fsp3) is 0.400. The molecule has 0 bridgehead atoms. The van der Waals surface area contributed by atoms with Crippen molar-refractivity contribution >= 4 is 6.09 Å². The number of rotatable bonds is 2. The predicted octanol–water partition coefficient (Wildman–Crippen LogP) is -0.590. The summed E-state index contributed by atoms with van der Waals surface area (Å²) in [6.45, 7) is 0.0613. The van der Waals surface area contributed by atoms with Crippen molar-refractivity contribution in [3.63, 3.8) is 0 Å². The van der Waals surface area contributed by atoms with Crippen LogP contribution < -0.4 is 5.73 Å². The van der Waals surface area contributed by atoms with Gasteiger partial charge in [-0.1, -0.05) is 0 Å².